The van der Waals surface area contributed by atoms with Gasteiger partial charge in [-0.05, 0) is 37.8 Å². The normalized spacial score (nSPS) is 15.7. The van der Waals surface area contributed by atoms with E-state index in [1.54, 1.807) is 11.3 Å². The Hall–Kier alpha value is -1.41. The lowest BCUT2D eigenvalue weighted by molar-refractivity contribution is 0.704. The number of nitrogens with zero attached hydrogens (tertiary/aromatic N) is 1. The maximum absolute atomic E-state index is 4.92. The third kappa shape index (κ3) is 2.57. The molecule has 2 heteroatoms. The third-order valence-corrected chi connectivity index (χ3v) is 5.32. The van der Waals surface area contributed by atoms with Gasteiger partial charge in [0.1, 0.15) is 5.01 Å². The second-order valence-electron chi connectivity index (χ2n) is 5.86. The molecule has 0 unspecified atom stereocenters. The smallest absolute Gasteiger partial charge is 0.119 e. The zero-order valence-corrected chi connectivity index (χ0v) is 13.1. The molecule has 1 nitrogen and oxygen atoms in total. The van der Waals surface area contributed by atoms with Gasteiger partial charge in [0.05, 0.1) is 10.6 Å². The second-order valence-corrected chi connectivity index (χ2v) is 6.86. The Labute approximate surface area is 125 Å². The first-order valence-corrected chi connectivity index (χ1v) is 8.20. The Kier molecular flexibility index (Phi) is 3.75. The van der Waals surface area contributed by atoms with Gasteiger partial charge < -0.3 is 0 Å². The van der Waals surface area contributed by atoms with Gasteiger partial charge in [0.2, 0.25) is 0 Å². The molecule has 0 saturated heterocycles. The number of thiazole rings is 1. The van der Waals surface area contributed by atoms with E-state index in [0.717, 1.165) is 10.6 Å². The average molecular weight is 283 g/mol. The number of aromatic nitrogens is 1. The van der Waals surface area contributed by atoms with E-state index in [-0.39, 0.29) is 0 Å². The van der Waals surface area contributed by atoms with Crippen molar-refractivity contribution in [3.05, 3.63) is 47.1 Å². The van der Waals surface area contributed by atoms with E-state index in [2.05, 4.69) is 44.7 Å². The van der Waals surface area contributed by atoms with Crippen LogP contribution in [-0.2, 0) is 0 Å². The van der Waals surface area contributed by atoms with E-state index in [0.29, 0.717) is 5.92 Å². The Morgan fingerprint density at radius 3 is 2.70 bits per heavy atom. The molecule has 0 bridgehead atoms. The monoisotopic (exact) mass is 283 g/mol. The summed E-state index contributed by atoms with van der Waals surface area (Å²) in [7, 11) is 0. The standard InChI is InChI=1S/C18H21NS/c1-12(2)18-19-16(14-8-4-5-9-14)17(20-18)15-10-6-7-13(3)11-15/h6-7,10-11,14H,1,4-5,8-9H2,2-3H3. The Balaban J connectivity index is 2.10. The molecular formula is C18H21NS. The van der Waals surface area contributed by atoms with Crippen LogP contribution in [0.25, 0.3) is 16.0 Å². The van der Waals surface area contributed by atoms with E-state index in [4.69, 9.17) is 4.98 Å². The van der Waals surface area contributed by atoms with Crippen LogP contribution in [0.5, 0.6) is 0 Å². The van der Waals surface area contributed by atoms with Crippen molar-refractivity contribution < 1.29 is 0 Å². The van der Waals surface area contributed by atoms with Crippen molar-refractivity contribution in [2.75, 3.05) is 0 Å². The number of rotatable bonds is 3. The van der Waals surface area contributed by atoms with Crippen LogP contribution in [0.3, 0.4) is 0 Å². The number of aryl methyl sites for hydroxylation is 1. The summed E-state index contributed by atoms with van der Waals surface area (Å²) in [4.78, 5) is 6.28. The summed E-state index contributed by atoms with van der Waals surface area (Å²) in [6.45, 7) is 8.27. The van der Waals surface area contributed by atoms with Gasteiger partial charge in [-0.2, -0.15) is 0 Å². The summed E-state index contributed by atoms with van der Waals surface area (Å²) < 4.78 is 0. The van der Waals surface area contributed by atoms with Gasteiger partial charge in [0.25, 0.3) is 0 Å². The minimum atomic E-state index is 0.648. The fourth-order valence-electron chi connectivity index (χ4n) is 2.98. The van der Waals surface area contributed by atoms with Crippen LogP contribution in [0.15, 0.2) is 30.8 Å². The van der Waals surface area contributed by atoms with Crippen LogP contribution in [0.4, 0.5) is 0 Å². The first-order valence-electron chi connectivity index (χ1n) is 7.39. The van der Waals surface area contributed by atoms with Crippen molar-refractivity contribution in [3.63, 3.8) is 0 Å². The zero-order chi connectivity index (χ0) is 14.1. The highest BCUT2D eigenvalue weighted by atomic mass is 32.1. The van der Waals surface area contributed by atoms with E-state index >= 15 is 0 Å². The molecule has 0 radical (unpaired) electrons. The highest BCUT2D eigenvalue weighted by Crippen LogP contribution is 2.42. The van der Waals surface area contributed by atoms with Crippen LogP contribution in [-0.4, -0.2) is 4.98 Å². The molecule has 0 aliphatic heterocycles. The molecule has 1 saturated carbocycles. The van der Waals surface area contributed by atoms with Crippen molar-refractivity contribution in [2.24, 2.45) is 0 Å². The van der Waals surface area contributed by atoms with Gasteiger partial charge in [-0.25, -0.2) is 4.98 Å². The second kappa shape index (κ2) is 5.53. The molecule has 1 heterocycles. The quantitative estimate of drug-likeness (QED) is 0.692. The van der Waals surface area contributed by atoms with Crippen molar-refractivity contribution >= 4 is 16.9 Å². The van der Waals surface area contributed by atoms with Crippen LogP contribution in [0.1, 0.15) is 54.8 Å². The van der Waals surface area contributed by atoms with Crippen LogP contribution < -0.4 is 0 Å². The Morgan fingerprint density at radius 2 is 2.05 bits per heavy atom. The maximum Gasteiger partial charge on any atom is 0.119 e. The lowest BCUT2D eigenvalue weighted by atomic mass is 9.99. The van der Waals surface area contributed by atoms with Crippen molar-refractivity contribution in [1.82, 2.24) is 4.98 Å². The predicted octanol–water partition coefficient (Wildman–Crippen LogP) is 5.81. The van der Waals surface area contributed by atoms with E-state index in [1.165, 1.54) is 47.4 Å². The van der Waals surface area contributed by atoms with Crippen molar-refractivity contribution in [2.45, 2.75) is 45.4 Å². The van der Waals surface area contributed by atoms with Crippen molar-refractivity contribution in [1.29, 1.82) is 0 Å². The Bertz CT molecular complexity index is 633. The average Bonchev–Trinajstić information content (AvgIpc) is 3.07. The lowest BCUT2D eigenvalue weighted by Crippen LogP contribution is -1.95. The molecule has 20 heavy (non-hydrogen) atoms. The fourth-order valence-corrected chi connectivity index (χ4v) is 4.06. The minimum Gasteiger partial charge on any atom is -0.241 e. The van der Waals surface area contributed by atoms with Gasteiger partial charge in [-0.1, -0.05) is 49.2 Å². The van der Waals surface area contributed by atoms with Gasteiger partial charge in [-0.15, -0.1) is 11.3 Å². The minimum absolute atomic E-state index is 0.648. The predicted molar refractivity (Wildman–Crippen MR) is 88.2 cm³/mol. The third-order valence-electron chi connectivity index (χ3n) is 4.04. The number of allylic oxidation sites excluding steroid dienone is 1. The topological polar surface area (TPSA) is 12.9 Å². The summed E-state index contributed by atoms with van der Waals surface area (Å²) in [5.74, 6) is 0.648. The summed E-state index contributed by atoms with van der Waals surface area (Å²) in [5.41, 5.74) is 5.02. The largest absolute Gasteiger partial charge is 0.241 e. The maximum atomic E-state index is 4.92. The van der Waals surface area contributed by atoms with Gasteiger partial charge in [0, 0.05) is 5.92 Å². The first-order chi connectivity index (χ1) is 9.65. The van der Waals surface area contributed by atoms with Gasteiger partial charge in [0.15, 0.2) is 0 Å². The molecule has 1 fully saturated rings. The fraction of sp³-hybridized carbons (Fsp3) is 0.389. The molecule has 3 rings (SSSR count). The molecular weight excluding hydrogens is 262 g/mol. The van der Waals surface area contributed by atoms with Crippen LogP contribution >= 0.6 is 11.3 Å². The van der Waals surface area contributed by atoms with Gasteiger partial charge in [-0.3, -0.25) is 0 Å². The number of hydrogen-bond acceptors (Lipinski definition) is 2. The highest BCUT2D eigenvalue weighted by Gasteiger charge is 2.24. The van der Waals surface area contributed by atoms with E-state index in [9.17, 15) is 0 Å². The lowest BCUT2D eigenvalue weighted by Gasteiger charge is -2.09. The SMILES string of the molecule is C=C(C)c1nc(C2CCCC2)c(-c2cccc(C)c2)s1. The van der Waals surface area contributed by atoms with Crippen LogP contribution in [0.2, 0.25) is 0 Å². The molecule has 1 aromatic carbocycles. The van der Waals surface area contributed by atoms with E-state index in [1.807, 2.05) is 0 Å². The summed E-state index contributed by atoms with van der Waals surface area (Å²) in [6.07, 6.45) is 5.27. The molecule has 104 valence electrons. The molecule has 0 N–H and O–H groups in total. The summed E-state index contributed by atoms with van der Waals surface area (Å²) in [5, 5.41) is 1.10. The summed E-state index contributed by atoms with van der Waals surface area (Å²) >= 11 is 1.81. The zero-order valence-electron chi connectivity index (χ0n) is 12.3. The molecule has 0 atom stereocenters. The Morgan fingerprint density at radius 1 is 1.30 bits per heavy atom. The van der Waals surface area contributed by atoms with Gasteiger partial charge >= 0.3 is 0 Å². The molecule has 0 spiro atoms. The van der Waals surface area contributed by atoms with Crippen molar-refractivity contribution in [3.8, 4) is 10.4 Å². The van der Waals surface area contributed by atoms with E-state index < -0.39 is 0 Å². The number of hydrogen-bond donors (Lipinski definition) is 0. The molecule has 1 aliphatic rings. The first kappa shape index (κ1) is 13.6. The molecule has 0 amide bonds. The summed E-state index contributed by atoms with van der Waals surface area (Å²) in [6, 6.07) is 8.78. The molecule has 1 aliphatic carbocycles. The van der Waals surface area contributed by atoms with Crippen LogP contribution in [0, 0.1) is 6.92 Å². The molecule has 2 aromatic rings. The molecule has 1 aromatic heterocycles. The highest BCUT2D eigenvalue weighted by molar-refractivity contribution is 7.16. The number of benzene rings is 1.